The van der Waals surface area contributed by atoms with Crippen LogP contribution in [-0.4, -0.2) is 33.6 Å². The van der Waals surface area contributed by atoms with Gasteiger partial charge < -0.3 is 4.74 Å². The molecule has 2 aromatic carbocycles. The number of nitrogens with zero attached hydrogens (tertiary/aromatic N) is 3. The van der Waals surface area contributed by atoms with Crippen molar-refractivity contribution in [1.82, 2.24) is 14.8 Å². The molecule has 7 nitrogen and oxygen atoms in total. The zero-order valence-electron chi connectivity index (χ0n) is 14.2. The van der Waals surface area contributed by atoms with Crippen molar-refractivity contribution in [3.8, 4) is 16.9 Å². The third kappa shape index (κ3) is 3.27. The summed E-state index contributed by atoms with van der Waals surface area (Å²) in [7, 11) is 1.29. The van der Waals surface area contributed by atoms with E-state index in [0.717, 1.165) is 4.68 Å². The second kappa shape index (κ2) is 7.10. The Morgan fingerprint density at radius 3 is 2.23 bits per heavy atom. The number of aromatic nitrogens is 3. The molecule has 0 fully saturated rings. The molecule has 1 aromatic heterocycles. The average molecular weight is 349 g/mol. The van der Waals surface area contributed by atoms with Crippen LogP contribution in [0.1, 0.15) is 27.9 Å². The van der Waals surface area contributed by atoms with E-state index < -0.39 is 11.5 Å². The molecular weight excluding hydrogens is 334 g/mol. The fourth-order valence-corrected chi connectivity index (χ4v) is 2.38. The largest absolute Gasteiger partial charge is 0.465 e. The van der Waals surface area contributed by atoms with Crippen LogP contribution >= 0.6 is 0 Å². The Hall–Kier alpha value is -3.61. The van der Waals surface area contributed by atoms with Gasteiger partial charge in [-0.3, -0.25) is 9.59 Å². The number of esters is 1. The molecule has 3 rings (SSSR count). The molecule has 0 aliphatic carbocycles. The molecule has 26 heavy (non-hydrogen) atoms. The Morgan fingerprint density at radius 2 is 1.65 bits per heavy atom. The maximum Gasteiger partial charge on any atom is 0.337 e. The zero-order chi connectivity index (χ0) is 18.7. The van der Waals surface area contributed by atoms with Crippen molar-refractivity contribution in [2.75, 3.05) is 7.11 Å². The van der Waals surface area contributed by atoms with E-state index in [1.807, 2.05) is 6.07 Å². The summed E-state index contributed by atoms with van der Waals surface area (Å²) in [4.78, 5) is 40.3. The molecule has 0 amide bonds. The fourth-order valence-electron chi connectivity index (χ4n) is 2.38. The molecule has 0 radical (unpaired) electrons. The number of benzene rings is 2. The molecule has 0 N–H and O–H groups in total. The predicted octanol–water partition coefficient (Wildman–Crippen LogP) is 2.28. The summed E-state index contributed by atoms with van der Waals surface area (Å²) in [5, 5.41) is 4.05. The van der Waals surface area contributed by atoms with Gasteiger partial charge in [0.25, 0.3) is 5.56 Å². The van der Waals surface area contributed by atoms with Crippen molar-refractivity contribution in [3.63, 3.8) is 0 Å². The van der Waals surface area contributed by atoms with Gasteiger partial charge in [0.1, 0.15) is 5.69 Å². The number of carbonyl (C=O) groups excluding carboxylic acids is 2. The molecule has 0 atom stereocenters. The van der Waals surface area contributed by atoms with Crippen molar-refractivity contribution in [2.24, 2.45) is 0 Å². The van der Waals surface area contributed by atoms with E-state index in [1.165, 1.54) is 26.2 Å². The summed E-state index contributed by atoms with van der Waals surface area (Å²) >= 11 is 0. The van der Waals surface area contributed by atoms with Gasteiger partial charge in [0.15, 0.2) is 5.78 Å². The molecule has 0 aliphatic rings. The first-order valence-electron chi connectivity index (χ1n) is 7.77. The number of rotatable bonds is 4. The molecule has 0 aliphatic heterocycles. The first-order chi connectivity index (χ1) is 12.5. The Morgan fingerprint density at radius 1 is 1.00 bits per heavy atom. The third-order valence-electron chi connectivity index (χ3n) is 3.70. The number of carbonyl (C=O) groups is 2. The van der Waals surface area contributed by atoms with E-state index in [-0.39, 0.29) is 17.3 Å². The van der Waals surface area contributed by atoms with Crippen molar-refractivity contribution in [1.29, 1.82) is 0 Å². The minimum absolute atomic E-state index is 0.0690. The molecule has 0 saturated carbocycles. The van der Waals surface area contributed by atoms with Gasteiger partial charge in [-0.1, -0.05) is 30.3 Å². The molecule has 0 spiro atoms. The second-order valence-corrected chi connectivity index (χ2v) is 5.46. The first-order valence-corrected chi connectivity index (χ1v) is 7.77. The third-order valence-corrected chi connectivity index (χ3v) is 3.70. The van der Waals surface area contributed by atoms with E-state index in [1.54, 1.807) is 36.4 Å². The number of ether oxygens (including phenoxy) is 1. The highest BCUT2D eigenvalue weighted by atomic mass is 16.5. The number of methoxy groups -OCH3 is 1. The summed E-state index contributed by atoms with van der Waals surface area (Å²) in [6.45, 7) is 1.33. The predicted molar refractivity (Wildman–Crippen MR) is 94.4 cm³/mol. The number of Topliss-reactive ketones (excluding diaryl/α,β-unsaturated/α-hetero) is 1. The van der Waals surface area contributed by atoms with Crippen molar-refractivity contribution >= 4 is 11.8 Å². The maximum absolute atomic E-state index is 12.9. The van der Waals surface area contributed by atoms with Crippen molar-refractivity contribution in [3.05, 3.63) is 76.3 Å². The van der Waals surface area contributed by atoms with Gasteiger partial charge in [-0.05, 0) is 24.3 Å². The fraction of sp³-hybridized carbons (Fsp3) is 0.105. The Labute approximate surface area is 148 Å². The highest BCUT2D eigenvalue weighted by Gasteiger charge is 2.16. The molecular formula is C19H15N3O4. The topological polar surface area (TPSA) is 91.2 Å². The van der Waals surface area contributed by atoms with E-state index in [2.05, 4.69) is 14.8 Å². The van der Waals surface area contributed by atoms with Crippen LogP contribution in [0.15, 0.2) is 59.4 Å². The van der Waals surface area contributed by atoms with Crippen molar-refractivity contribution < 1.29 is 14.3 Å². The number of ketones is 1. The lowest BCUT2D eigenvalue weighted by Gasteiger charge is -2.09. The summed E-state index contributed by atoms with van der Waals surface area (Å²) in [5.41, 5.74) is 0.996. The Kier molecular flexibility index (Phi) is 4.70. The highest BCUT2D eigenvalue weighted by molar-refractivity contribution is 5.90. The molecule has 0 bridgehead atoms. The summed E-state index contributed by atoms with van der Waals surface area (Å²) in [6.07, 6.45) is 0. The Balaban J connectivity index is 2.18. The molecule has 0 saturated heterocycles. The van der Waals surface area contributed by atoms with Gasteiger partial charge in [-0.2, -0.15) is 4.68 Å². The SMILES string of the molecule is COC(=O)c1ccc(-n2nc(C(C)=O)nc(-c3ccccc3)c2=O)cc1. The van der Waals surface area contributed by atoms with Crippen LogP contribution in [0.25, 0.3) is 16.9 Å². The van der Waals surface area contributed by atoms with Gasteiger partial charge in [-0.15, -0.1) is 5.10 Å². The van der Waals surface area contributed by atoms with E-state index in [9.17, 15) is 14.4 Å². The number of hydrogen-bond donors (Lipinski definition) is 0. The molecule has 130 valence electrons. The van der Waals surface area contributed by atoms with Gasteiger partial charge in [0.05, 0.1) is 18.4 Å². The molecule has 1 heterocycles. The van der Waals surface area contributed by atoms with Gasteiger partial charge in [-0.25, -0.2) is 9.78 Å². The van der Waals surface area contributed by atoms with Crippen LogP contribution in [0.4, 0.5) is 0 Å². The average Bonchev–Trinajstić information content (AvgIpc) is 2.68. The first kappa shape index (κ1) is 17.2. The highest BCUT2D eigenvalue weighted by Crippen LogP contribution is 2.14. The number of hydrogen-bond acceptors (Lipinski definition) is 6. The monoisotopic (exact) mass is 349 g/mol. The maximum atomic E-state index is 12.9. The van der Waals surface area contributed by atoms with Crippen LogP contribution in [0, 0.1) is 0 Å². The van der Waals surface area contributed by atoms with Crippen LogP contribution in [0.2, 0.25) is 0 Å². The normalized spacial score (nSPS) is 10.4. The van der Waals surface area contributed by atoms with Crippen molar-refractivity contribution in [2.45, 2.75) is 6.92 Å². The summed E-state index contributed by atoms with van der Waals surface area (Å²) in [6, 6.07) is 15.0. The standard InChI is InChI=1S/C19H15N3O4/c1-12(23)17-20-16(13-6-4-3-5-7-13)18(24)22(21-17)15-10-8-14(9-11-15)19(25)26-2/h3-11H,1-2H3. The van der Waals surface area contributed by atoms with Crippen LogP contribution in [-0.2, 0) is 4.74 Å². The minimum atomic E-state index is -0.485. The van der Waals surface area contributed by atoms with Crippen LogP contribution in [0.3, 0.4) is 0 Å². The lowest BCUT2D eigenvalue weighted by molar-refractivity contribution is 0.0600. The van der Waals surface area contributed by atoms with E-state index in [4.69, 9.17) is 0 Å². The van der Waals surface area contributed by atoms with Crippen LogP contribution < -0.4 is 5.56 Å². The van der Waals surface area contributed by atoms with E-state index >= 15 is 0 Å². The lowest BCUT2D eigenvalue weighted by atomic mass is 10.1. The Bertz CT molecular complexity index is 1020. The molecule has 3 aromatic rings. The summed E-state index contributed by atoms with van der Waals surface area (Å²) in [5.74, 6) is -0.913. The smallest absolute Gasteiger partial charge is 0.337 e. The van der Waals surface area contributed by atoms with Gasteiger partial charge >= 0.3 is 5.97 Å². The lowest BCUT2D eigenvalue weighted by Crippen LogP contribution is -2.27. The molecule has 0 unspecified atom stereocenters. The van der Waals surface area contributed by atoms with Gasteiger partial charge in [0.2, 0.25) is 5.82 Å². The van der Waals surface area contributed by atoms with Gasteiger partial charge in [0, 0.05) is 12.5 Å². The zero-order valence-corrected chi connectivity index (χ0v) is 14.2. The quantitative estimate of drug-likeness (QED) is 0.530. The molecule has 7 heteroatoms. The van der Waals surface area contributed by atoms with Crippen LogP contribution in [0.5, 0.6) is 0 Å². The minimum Gasteiger partial charge on any atom is -0.465 e. The summed E-state index contributed by atoms with van der Waals surface area (Å²) < 4.78 is 5.76. The second-order valence-electron chi connectivity index (χ2n) is 5.46. The van der Waals surface area contributed by atoms with E-state index in [0.29, 0.717) is 16.8 Å².